The van der Waals surface area contributed by atoms with E-state index in [9.17, 15) is 4.79 Å². The first-order valence-corrected chi connectivity index (χ1v) is 5.30. The number of piperazine rings is 1. The average molecular weight is 213 g/mol. The molecule has 6 nitrogen and oxygen atoms in total. The van der Waals surface area contributed by atoms with Gasteiger partial charge in [-0.1, -0.05) is 6.92 Å². The quantitative estimate of drug-likeness (QED) is 0.239. The molecule has 0 spiro atoms. The minimum Gasteiger partial charge on any atom is -0.353 e. The summed E-state index contributed by atoms with van der Waals surface area (Å²) in [5.74, 6) is 6.04. The van der Waals surface area contributed by atoms with E-state index < -0.39 is 0 Å². The predicted octanol–water partition coefficient (Wildman–Crippen LogP) is -0.964. The van der Waals surface area contributed by atoms with E-state index in [-0.39, 0.29) is 11.9 Å². The summed E-state index contributed by atoms with van der Waals surface area (Å²) in [6.07, 6.45) is 0.746. The second-order valence-corrected chi connectivity index (χ2v) is 3.35. The summed E-state index contributed by atoms with van der Waals surface area (Å²) in [5.41, 5.74) is 2.55. The number of hydrogen-bond acceptors (Lipinski definition) is 3. The predicted molar refractivity (Wildman–Crippen MR) is 59.1 cm³/mol. The summed E-state index contributed by atoms with van der Waals surface area (Å²) in [6.45, 7) is 5.94. The maximum Gasteiger partial charge on any atom is 0.242 e. The van der Waals surface area contributed by atoms with E-state index in [0.717, 1.165) is 13.0 Å². The molecule has 1 saturated heterocycles. The van der Waals surface area contributed by atoms with Crippen LogP contribution >= 0.6 is 0 Å². The van der Waals surface area contributed by atoms with Gasteiger partial charge in [-0.3, -0.25) is 15.2 Å². The maximum absolute atomic E-state index is 11.6. The minimum absolute atomic E-state index is 0.0443. The van der Waals surface area contributed by atoms with Crippen LogP contribution < -0.4 is 16.6 Å². The summed E-state index contributed by atoms with van der Waals surface area (Å²) in [7, 11) is 0. The number of carbonyl (C=O) groups is 1. The lowest BCUT2D eigenvalue weighted by molar-refractivity contribution is -0.127. The third-order valence-electron chi connectivity index (χ3n) is 2.43. The number of nitrogens with two attached hydrogens (primary N) is 1. The van der Waals surface area contributed by atoms with Crippen LogP contribution in [-0.4, -0.2) is 42.4 Å². The van der Waals surface area contributed by atoms with Crippen molar-refractivity contribution in [2.45, 2.75) is 26.3 Å². The summed E-state index contributed by atoms with van der Waals surface area (Å²) in [5, 5.41) is 2.83. The largest absolute Gasteiger partial charge is 0.353 e. The molecular weight excluding hydrogens is 194 g/mol. The van der Waals surface area contributed by atoms with E-state index in [0.29, 0.717) is 19.0 Å². The van der Waals surface area contributed by atoms with Crippen molar-refractivity contribution in [2.75, 3.05) is 19.6 Å². The maximum atomic E-state index is 11.6. The first-order valence-electron chi connectivity index (χ1n) is 5.30. The van der Waals surface area contributed by atoms with Gasteiger partial charge in [0.05, 0.1) is 0 Å². The van der Waals surface area contributed by atoms with Crippen LogP contribution in [0.15, 0.2) is 4.99 Å². The van der Waals surface area contributed by atoms with E-state index in [1.54, 1.807) is 0 Å². The molecule has 0 bridgehead atoms. The SMILES string of the molecule is CCN=C(NN)N1CCNC(=O)C1CC. The van der Waals surface area contributed by atoms with Gasteiger partial charge in [0, 0.05) is 19.6 Å². The van der Waals surface area contributed by atoms with Gasteiger partial charge in [0.25, 0.3) is 0 Å². The number of amides is 1. The Morgan fingerprint density at radius 3 is 3.00 bits per heavy atom. The van der Waals surface area contributed by atoms with E-state index in [1.807, 2.05) is 18.7 Å². The fourth-order valence-corrected chi connectivity index (χ4v) is 1.74. The van der Waals surface area contributed by atoms with E-state index >= 15 is 0 Å². The van der Waals surface area contributed by atoms with Crippen molar-refractivity contribution >= 4 is 11.9 Å². The van der Waals surface area contributed by atoms with E-state index in [1.165, 1.54) is 0 Å². The number of hydrogen-bond donors (Lipinski definition) is 3. The van der Waals surface area contributed by atoms with Gasteiger partial charge < -0.3 is 10.2 Å². The minimum atomic E-state index is -0.167. The first kappa shape index (κ1) is 11.8. The molecule has 15 heavy (non-hydrogen) atoms. The Bertz CT molecular complexity index is 253. The van der Waals surface area contributed by atoms with Crippen LogP contribution in [0.3, 0.4) is 0 Å². The molecule has 1 unspecified atom stereocenters. The Morgan fingerprint density at radius 1 is 1.73 bits per heavy atom. The number of nitrogens with one attached hydrogen (secondary N) is 2. The Kier molecular flexibility index (Phi) is 4.36. The molecule has 0 saturated carbocycles. The van der Waals surface area contributed by atoms with Crippen molar-refractivity contribution in [1.82, 2.24) is 15.6 Å². The Hall–Kier alpha value is -1.30. The molecule has 0 aromatic rings. The highest BCUT2D eigenvalue weighted by Gasteiger charge is 2.29. The molecule has 1 fully saturated rings. The molecule has 0 aliphatic carbocycles. The Morgan fingerprint density at radius 2 is 2.47 bits per heavy atom. The lowest BCUT2D eigenvalue weighted by Gasteiger charge is -2.36. The third-order valence-corrected chi connectivity index (χ3v) is 2.43. The Balaban J connectivity index is 2.80. The van der Waals surface area contributed by atoms with Gasteiger partial charge >= 0.3 is 0 Å². The number of aliphatic imine (C=N–C) groups is 1. The van der Waals surface area contributed by atoms with Gasteiger partial charge in [-0.15, -0.1) is 0 Å². The van der Waals surface area contributed by atoms with Crippen molar-refractivity contribution in [3.05, 3.63) is 0 Å². The highest BCUT2D eigenvalue weighted by molar-refractivity contribution is 5.89. The van der Waals surface area contributed by atoms with Gasteiger partial charge in [0.1, 0.15) is 6.04 Å². The van der Waals surface area contributed by atoms with Gasteiger partial charge in [-0.25, -0.2) is 5.84 Å². The smallest absolute Gasteiger partial charge is 0.242 e. The number of carbonyl (C=O) groups excluding carboxylic acids is 1. The highest BCUT2D eigenvalue weighted by atomic mass is 16.2. The molecule has 1 aliphatic rings. The molecule has 1 rings (SSSR count). The van der Waals surface area contributed by atoms with E-state index in [2.05, 4.69) is 15.7 Å². The molecule has 1 aliphatic heterocycles. The Labute approximate surface area is 89.9 Å². The second kappa shape index (κ2) is 5.55. The highest BCUT2D eigenvalue weighted by Crippen LogP contribution is 2.08. The van der Waals surface area contributed by atoms with Gasteiger partial charge in [0.15, 0.2) is 0 Å². The lowest BCUT2D eigenvalue weighted by atomic mass is 10.1. The zero-order valence-corrected chi connectivity index (χ0v) is 9.29. The van der Waals surface area contributed by atoms with Crippen molar-refractivity contribution < 1.29 is 4.79 Å². The van der Waals surface area contributed by atoms with E-state index in [4.69, 9.17) is 5.84 Å². The van der Waals surface area contributed by atoms with Crippen molar-refractivity contribution in [3.8, 4) is 0 Å². The van der Waals surface area contributed by atoms with Gasteiger partial charge in [0.2, 0.25) is 11.9 Å². The normalized spacial score (nSPS) is 22.6. The van der Waals surface area contributed by atoms with Gasteiger partial charge in [-0.05, 0) is 13.3 Å². The number of nitrogens with zero attached hydrogens (tertiary/aromatic N) is 2. The van der Waals surface area contributed by atoms with Crippen LogP contribution in [0, 0.1) is 0 Å². The monoisotopic (exact) mass is 213 g/mol. The number of rotatable bonds is 2. The van der Waals surface area contributed by atoms with Crippen molar-refractivity contribution in [1.29, 1.82) is 0 Å². The summed E-state index contributed by atoms with van der Waals surface area (Å²) in [6, 6.07) is -0.167. The second-order valence-electron chi connectivity index (χ2n) is 3.35. The molecule has 1 atom stereocenters. The molecule has 0 aromatic heterocycles. The van der Waals surface area contributed by atoms with Crippen LogP contribution in [0.2, 0.25) is 0 Å². The topological polar surface area (TPSA) is 82.8 Å². The molecule has 6 heteroatoms. The van der Waals surface area contributed by atoms with Crippen LogP contribution in [0.4, 0.5) is 0 Å². The zero-order chi connectivity index (χ0) is 11.3. The lowest BCUT2D eigenvalue weighted by Crippen LogP contribution is -2.60. The molecule has 86 valence electrons. The van der Waals surface area contributed by atoms with Gasteiger partial charge in [-0.2, -0.15) is 0 Å². The van der Waals surface area contributed by atoms with Crippen LogP contribution in [0.5, 0.6) is 0 Å². The van der Waals surface area contributed by atoms with Crippen molar-refractivity contribution in [2.24, 2.45) is 10.8 Å². The first-order chi connectivity index (χ1) is 7.24. The zero-order valence-electron chi connectivity index (χ0n) is 9.29. The van der Waals surface area contributed by atoms with Crippen LogP contribution in [0.1, 0.15) is 20.3 Å². The summed E-state index contributed by atoms with van der Waals surface area (Å²) < 4.78 is 0. The molecule has 4 N–H and O–H groups in total. The fourth-order valence-electron chi connectivity index (χ4n) is 1.74. The molecule has 0 aromatic carbocycles. The molecule has 0 radical (unpaired) electrons. The van der Waals surface area contributed by atoms with Crippen LogP contribution in [0.25, 0.3) is 0 Å². The van der Waals surface area contributed by atoms with Crippen molar-refractivity contribution in [3.63, 3.8) is 0 Å². The molecule has 1 heterocycles. The fraction of sp³-hybridized carbons (Fsp3) is 0.778. The summed E-state index contributed by atoms with van der Waals surface area (Å²) >= 11 is 0. The number of guanidine groups is 1. The molecular formula is C9H19N5O. The molecule has 1 amide bonds. The average Bonchev–Trinajstić information content (AvgIpc) is 2.25. The number of hydrazine groups is 1. The third kappa shape index (κ3) is 2.59. The summed E-state index contributed by atoms with van der Waals surface area (Å²) in [4.78, 5) is 17.7. The van der Waals surface area contributed by atoms with Crippen LogP contribution in [-0.2, 0) is 4.79 Å². The standard InChI is InChI=1S/C9H19N5O/c1-3-7-8(15)12-5-6-14(7)9(13-10)11-4-2/h7H,3-6,10H2,1-2H3,(H,11,13)(H,12,15).